The lowest BCUT2D eigenvalue weighted by Crippen LogP contribution is -2.40. The number of carbonyl (C=O) groups excluding carboxylic acids is 2. The molecule has 0 rings (SSSR count). The monoisotopic (exact) mass is 713 g/mol. The summed E-state index contributed by atoms with van der Waals surface area (Å²) in [5.41, 5.74) is 0. The molecule has 0 radical (unpaired) electrons. The predicted octanol–water partition coefficient (Wildman–Crippen LogP) is 9.94. The molecular formula is C41H78NO8+. The average molecular weight is 713 g/mol. The smallest absolute Gasteiger partial charge is 0.361 e. The first-order valence-corrected chi connectivity index (χ1v) is 20.4. The van der Waals surface area contributed by atoms with E-state index in [-0.39, 0.29) is 32.2 Å². The Kier molecular flexibility index (Phi) is 32.8. The Morgan fingerprint density at radius 1 is 0.580 bits per heavy atom. The normalized spacial score (nSPS) is 13.1. The molecule has 0 saturated heterocycles. The van der Waals surface area contributed by atoms with Crippen LogP contribution in [0.1, 0.15) is 174 Å². The third-order valence-electron chi connectivity index (χ3n) is 8.77. The minimum absolute atomic E-state index is 0.181. The van der Waals surface area contributed by atoms with E-state index >= 15 is 0 Å². The van der Waals surface area contributed by atoms with Gasteiger partial charge in [-0.2, -0.15) is 0 Å². The summed E-state index contributed by atoms with van der Waals surface area (Å²) in [6.45, 7) is 4.84. The summed E-state index contributed by atoms with van der Waals surface area (Å²) in [4.78, 5) is 36.9. The van der Waals surface area contributed by atoms with Gasteiger partial charge in [0.1, 0.15) is 13.2 Å². The molecule has 0 aliphatic heterocycles. The molecule has 0 spiro atoms. The lowest BCUT2D eigenvalue weighted by atomic mass is 10.1. The maximum absolute atomic E-state index is 12.7. The first-order valence-electron chi connectivity index (χ1n) is 20.4. The van der Waals surface area contributed by atoms with Crippen LogP contribution >= 0.6 is 0 Å². The third kappa shape index (κ3) is 34.5. The zero-order valence-corrected chi connectivity index (χ0v) is 33.1. The van der Waals surface area contributed by atoms with E-state index in [0.717, 1.165) is 51.4 Å². The molecule has 0 aromatic heterocycles. The summed E-state index contributed by atoms with van der Waals surface area (Å²) in [5, 5.41) is 9.59. The molecule has 0 heterocycles. The van der Waals surface area contributed by atoms with Gasteiger partial charge in [-0.05, 0) is 38.5 Å². The molecule has 1 N–H and O–H groups in total. The maximum atomic E-state index is 12.7. The minimum atomic E-state index is -1.50. The number of hydrogen-bond acceptors (Lipinski definition) is 7. The van der Waals surface area contributed by atoms with Crippen molar-refractivity contribution in [3.05, 3.63) is 12.2 Å². The summed E-state index contributed by atoms with van der Waals surface area (Å²) in [7, 11) is 5.94. The first kappa shape index (κ1) is 48.0. The van der Waals surface area contributed by atoms with E-state index in [2.05, 4.69) is 26.0 Å². The Bertz CT molecular complexity index is 841. The summed E-state index contributed by atoms with van der Waals surface area (Å²) in [6, 6.07) is 0. The number of carboxylic acids is 1. The number of hydrogen-bond donors (Lipinski definition) is 1. The molecule has 2 unspecified atom stereocenters. The van der Waals surface area contributed by atoms with E-state index in [1.807, 2.05) is 21.1 Å². The Labute approximate surface area is 306 Å². The number of nitrogens with zero attached hydrogens (tertiary/aromatic N) is 1. The number of unbranched alkanes of at least 4 members (excludes halogenated alkanes) is 20. The van der Waals surface area contributed by atoms with E-state index in [4.69, 9.17) is 18.9 Å². The molecule has 0 amide bonds. The van der Waals surface area contributed by atoms with Crippen LogP contribution in [0.3, 0.4) is 0 Å². The van der Waals surface area contributed by atoms with Crippen molar-refractivity contribution < 1.29 is 42.9 Å². The largest absolute Gasteiger partial charge is 0.477 e. The van der Waals surface area contributed by atoms with E-state index in [1.165, 1.54) is 89.9 Å². The van der Waals surface area contributed by atoms with Gasteiger partial charge >= 0.3 is 17.9 Å². The molecule has 0 aromatic rings. The van der Waals surface area contributed by atoms with Crippen molar-refractivity contribution in [1.82, 2.24) is 0 Å². The van der Waals surface area contributed by atoms with Crippen LogP contribution in [0.2, 0.25) is 0 Å². The molecule has 9 nitrogen and oxygen atoms in total. The standard InChI is InChI=1S/C41H77NO8/c1-6-8-10-12-14-16-18-19-20-21-22-24-26-28-30-32-39(44)50-37(36-49-41(40(45)46)47-34-33-42(3,4)5)35-48-38(43)31-29-27-25-23-17-15-13-11-9-7-2/h19-20,37,41H,6-18,21-36H2,1-5H3/p+1/b20-19-. The van der Waals surface area contributed by atoms with Crippen molar-refractivity contribution in [3.63, 3.8) is 0 Å². The quantitative estimate of drug-likeness (QED) is 0.0223. The van der Waals surface area contributed by atoms with Crippen molar-refractivity contribution in [2.24, 2.45) is 0 Å². The second kappa shape index (κ2) is 34.1. The average Bonchev–Trinajstić information content (AvgIpc) is 3.06. The summed E-state index contributed by atoms with van der Waals surface area (Å²) in [6.07, 6.45) is 29.8. The van der Waals surface area contributed by atoms with E-state index in [0.29, 0.717) is 23.9 Å². The van der Waals surface area contributed by atoms with Gasteiger partial charge in [-0.25, -0.2) is 4.79 Å². The van der Waals surface area contributed by atoms with Gasteiger partial charge in [0.25, 0.3) is 6.29 Å². The van der Waals surface area contributed by atoms with Gasteiger partial charge in [-0.15, -0.1) is 0 Å². The fraction of sp³-hybridized carbons (Fsp3) is 0.878. The SMILES string of the molecule is CCCCCCCC/C=C\CCCCCCCC(=O)OC(COC(=O)CCCCCCCCCCCC)COC(OCC[N+](C)(C)C)C(=O)O. The highest BCUT2D eigenvalue weighted by atomic mass is 16.7. The number of likely N-dealkylation sites (N-methyl/N-ethyl adjacent to an activating group) is 1. The molecule has 0 aliphatic rings. The van der Waals surface area contributed by atoms with Gasteiger partial charge in [-0.1, -0.05) is 135 Å². The second-order valence-electron chi connectivity index (χ2n) is 14.9. The van der Waals surface area contributed by atoms with Crippen LogP contribution in [0.15, 0.2) is 12.2 Å². The third-order valence-corrected chi connectivity index (χ3v) is 8.77. The number of allylic oxidation sites excluding steroid dienone is 2. The van der Waals surface area contributed by atoms with Crippen molar-refractivity contribution in [2.75, 3.05) is 47.5 Å². The number of ether oxygens (including phenoxy) is 4. The molecule has 0 aromatic carbocycles. The molecule has 0 fully saturated rings. The van der Waals surface area contributed by atoms with Gasteiger partial charge in [0, 0.05) is 12.8 Å². The van der Waals surface area contributed by atoms with Crippen molar-refractivity contribution in [1.29, 1.82) is 0 Å². The minimum Gasteiger partial charge on any atom is -0.477 e. The Hall–Kier alpha value is -1.97. The van der Waals surface area contributed by atoms with Gasteiger partial charge in [0.2, 0.25) is 0 Å². The van der Waals surface area contributed by atoms with Gasteiger partial charge in [0.05, 0.1) is 34.4 Å². The molecule has 9 heteroatoms. The molecule has 0 bridgehead atoms. The molecular weight excluding hydrogens is 634 g/mol. The molecule has 0 aliphatic carbocycles. The molecule has 294 valence electrons. The predicted molar refractivity (Wildman–Crippen MR) is 203 cm³/mol. The molecule has 2 atom stereocenters. The molecule has 0 saturated carbocycles. The van der Waals surface area contributed by atoms with Crippen LogP contribution in [0, 0.1) is 0 Å². The number of rotatable bonds is 37. The van der Waals surface area contributed by atoms with Crippen LogP contribution in [-0.2, 0) is 33.3 Å². The topological polar surface area (TPSA) is 108 Å². The van der Waals surface area contributed by atoms with Crippen molar-refractivity contribution in [3.8, 4) is 0 Å². The Morgan fingerprint density at radius 3 is 1.48 bits per heavy atom. The van der Waals surface area contributed by atoms with Crippen LogP contribution in [0.25, 0.3) is 0 Å². The number of quaternary nitrogens is 1. The van der Waals surface area contributed by atoms with Crippen molar-refractivity contribution in [2.45, 2.75) is 187 Å². The van der Waals surface area contributed by atoms with Crippen LogP contribution < -0.4 is 0 Å². The zero-order valence-electron chi connectivity index (χ0n) is 33.1. The highest BCUT2D eigenvalue weighted by molar-refractivity contribution is 5.71. The second-order valence-corrected chi connectivity index (χ2v) is 14.9. The fourth-order valence-corrected chi connectivity index (χ4v) is 5.53. The number of carboxylic acid groups (broad SMARTS) is 1. The van der Waals surface area contributed by atoms with Crippen LogP contribution in [0.5, 0.6) is 0 Å². The Morgan fingerprint density at radius 2 is 1.02 bits per heavy atom. The maximum Gasteiger partial charge on any atom is 0.361 e. The summed E-state index contributed by atoms with van der Waals surface area (Å²) in [5.74, 6) is -2.01. The summed E-state index contributed by atoms with van der Waals surface area (Å²) < 4.78 is 22.6. The lowest BCUT2D eigenvalue weighted by Gasteiger charge is -2.25. The number of carbonyl (C=O) groups is 3. The van der Waals surface area contributed by atoms with Gasteiger partial charge < -0.3 is 28.5 Å². The van der Waals surface area contributed by atoms with Gasteiger partial charge in [-0.3, -0.25) is 9.59 Å². The van der Waals surface area contributed by atoms with E-state index in [9.17, 15) is 19.5 Å². The summed E-state index contributed by atoms with van der Waals surface area (Å²) >= 11 is 0. The van der Waals surface area contributed by atoms with Gasteiger partial charge in [0.15, 0.2) is 6.10 Å². The first-order chi connectivity index (χ1) is 24.1. The van der Waals surface area contributed by atoms with Crippen LogP contribution in [-0.4, -0.2) is 87.4 Å². The lowest BCUT2D eigenvalue weighted by molar-refractivity contribution is -0.870. The Balaban J connectivity index is 4.50. The number of esters is 2. The molecule has 50 heavy (non-hydrogen) atoms. The van der Waals surface area contributed by atoms with E-state index in [1.54, 1.807) is 0 Å². The number of aliphatic carboxylic acids is 1. The highest BCUT2D eigenvalue weighted by Gasteiger charge is 2.25. The van der Waals surface area contributed by atoms with Crippen LogP contribution in [0.4, 0.5) is 0 Å². The fourth-order valence-electron chi connectivity index (χ4n) is 5.53. The highest BCUT2D eigenvalue weighted by Crippen LogP contribution is 2.14. The van der Waals surface area contributed by atoms with Crippen molar-refractivity contribution >= 4 is 17.9 Å². The zero-order chi connectivity index (χ0) is 37.1. The van der Waals surface area contributed by atoms with E-state index < -0.39 is 24.3 Å².